The summed E-state index contributed by atoms with van der Waals surface area (Å²) < 4.78 is 33.3. The SMILES string of the molecule is CCOc1ccc2nc(NC(=O)c3ccc(Cl)c(S(=O)(=O)N(CC)CC)c3)sc2c1. The quantitative estimate of drug-likeness (QED) is 0.521. The van der Waals surface area contributed by atoms with E-state index in [9.17, 15) is 13.2 Å². The lowest BCUT2D eigenvalue weighted by Gasteiger charge is -2.19. The van der Waals surface area contributed by atoms with Gasteiger partial charge in [-0.25, -0.2) is 13.4 Å². The molecule has 0 aliphatic carbocycles. The van der Waals surface area contributed by atoms with Gasteiger partial charge in [-0.05, 0) is 43.3 Å². The Hall–Kier alpha value is -2.20. The van der Waals surface area contributed by atoms with Gasteiger partial charge in [0.2, 0.25) is 10.0 Å². The summed E-state index contributed by atoms with van der Waals surface area (Å²) in [6.07, 6.45) is 0. The Morgan fingerprint density at radius 3 is 2.57 bits per heavy atom. The molecule has 160 valence electrons. The number of aromatic nitrogens is 1. The van der Waals surface area contributed by atoms with Crippen molar-refractivity contribution in [3.8, 4) is 5.75 Å². The molecule has 0 radical (unpaired) electrons. The lowest BCUT2D eigenvalue weighted by atomic mass is 10.2. The summed E-state index contributed by atoms with van der Waals surface area (Å²) in [5.74, 6) is 0.266. The number of thiazole rings is 1. The van der Waals surface area contributed by atoms with Crippen molar-refractivity contribution in [2.45, 2.75) is 25.7 Å². The van der Waals surface area contributed by atoms with Crippen LogP contribution in [0.3, 0.4) is 0 Å². The van der Waals surface area contributed by atoms with E-state index < -0.39 is 15.9 Å². The Balaban J connectivity index is 1.88. The van der Waals surface area contributed by atoms with Gasteiger partial charge in [0, 0.05) is 18.7 Å². The number of carbonyl (C=O) groups is 1. The number of sulfonamides is 1. The van der Waals surface area contributed by atoms with Crippen LogP contribution in [0.5, 0.6) is 5.75 Å². The molecule has 0 spiro atoms. The fraction of sp³-hybridized carbons (Fsp3) is 0.300. The summed E-state index contributed by atoms with van der Waals surface area (Å²) in [5.41, 5.74) is 0.916. The zero-order valence-electron chi connectivity index (χ0n) is 16.8. The summed E-state index contributed by atoms with van der Waals surface area (Å²) in [6, 6.07) is 9.71. The van der Waals surface area contributed by atoms with E-state index in [-0.39, 0.29) is 15.5 Å². The van der Waals surface area contributed by atoms with E-state index in [4.69, 9.17) is 16.3 Å². The number of nitrogens with one attached hydrogen (secondary N) is 1. The molecule has 0 saturated heterocycles. The second-order valence-electron chi connectivity index (χ2n) is 6.27. The van der Waals surface area contributed by atoms with E-state index in [2.05, 4.69) is 10.3 Å². The molecule has 3 rings (SSSR count). The minimum absolute atomic E-state index is 0.0712. The molecule has 30 heavy (non-hydrogen) atoms. The summed E-state index contributed by atoms with van der Waals surface area (Å²) in [7, 11) is -3.80. The van der Waals surface area contributed by atoms with Gasteiger partial charge in [-0.15, -0.1) is 0 Å². The zero-order chi connectivity index (χ0) is 21.9. The first-order valence-electron chi connectivity index (χ1n) is 9.44. The zero-order valence-corrected chi connectivity index (χ0v) is 19.2. The average Bonchev–Trinajstić information content (AvgIpc) is 3.10. The monoisotopic (exact) mass is 467 g/mol. The highest BCUT2D eigenvalue weighted by Gasteiger charge is 2.25. The lowest BCUT2D eigenvalue weighted by Crippen LogP contribution is -2.31. The van der Waals surface area contributed by atoms with Gasteiger partial charge < -0.3 is 4.74 Å². The maximum Gasteiger partial charge on any atom is 0.257 e. The number of amides is 1. The van der Waals surface area contributed by atoms with Crippen molar-refractivity contribution < 1.29 is 17.9 Å². The van der Waals surface area contributed by atoms with Crippen LogP contribution in [0.2, 0.25) is 5.02 Å². The van der Waals surface area contributed by atoms with Crippen LogP contribution in [-0.4, -0.2) is 43.3 Å². The van der Waals surface area contributed by atoms with Crippen molar-refractivity contribution in [1.82, 2.24) is 9.29 Å². The molecular formula is C20H22ClN3O4S2. The third kappa shape index (κ3) is 4.59. The number of anilines is 1. The number of halogens is 1. The normalized spacial score (nSPS) is 11.8. The number of nitrogens with zero attached hydrogens (tertiary/aromatic N) is 2. The van der Waals surface area contributed by atoms with Gasteiger partial charge in [-0.3, -0.25) is 10.1 Å². The minimum Gasteiger partial charge on any atom is -0.494 e. The number of hydrogen-bond acceptors (Lipinski definition) is 6. The number of fused-ring (bicyclic) bond motifs is 1. The lowest BCUT2D eigenvalue weighted by molar-refractivity contribution is 0.102. The van der Waals surface area contributed by atoms with E-state index in [0.717, 1.165) is 16.0 Å². The molecule has 0 atom stereocenters. The van der Waals surface area contributed by atoms with Crippen molar-refractivity contribution in [1.29, 1.82) is 0 Å². The molecule has 7 nitrogen and oxygen atoms in total. The molecule has 0 aliphatic heterocycles. The average molecular weight is 468 g/mol. The van der Waals surface area contributed by atoms with Crippen molar-refractivity contribution in [3.05, 3.63) is 47.0 Å². The maximum atomic E-state index is 12.8. The van der Waals surface area contributed by atoms with E-state index >= 15 is 0 Å². The van der Waals surface area contributed by atoms with Gasteiger partial charge in [0.05, 0.1) is 21.8 Å². The van der Waals surface area contributed by atoms with Crippen molar-refractivity contribution in [3.63, 3.8) is 0 Å². The predicted molar refractivity (Wildman–Crippen MR) is 120 cm³/mol. The van der Waals surface area contributed by atoms with Crippen molar-refractivity contribution >= 4 is 54.2 Å². The fourth-order valence-corrected chi connectivity index (χ4v) is 5.78. The molecule has 2 aromatic carbocycles. The Labute approximate surface area is 184 Å². The largest absolute Gasteiger partial charge is 0.494 e. The van der Waals surface area contributed by atoms with Gasteiger partial charge in [-0.2, -0.15) is 4.31 Å². The first-order valence-corrected chi connectivity index (χ1v) is 12.1. The summed E-state index contributed by atoms with van der Waals surface area (Å²) >= 11 is 7.45. The highest BCUT2D eigenvalue weighted by atomic mass is 35.5. The second-order valence-corrected chi connectivity index (χ2v) is 9.61. The molecular weight excluding hydrogens is 446 g/mol. The van der Waals surface area contributed by atoms with Gasteiger partial charge in [-0.1, -0.05) is 36.8 Å². The van der Waals surface area contributed by atoms with Crippen LogP contribution in [0.25, 0.3) is 10.2 Å². The Morgan fingerprint density at radius 1 is 1.17 bits per heavy atom. The minimum atomic E-state index is -3.80. The van der Waals surface area contributed by atoms with Crippen LogP contribution in [0.1, 0.15) is 31.1 Å². The highest BCUT2D eigenvalue weighted by molar-refractivity contribution is 7.89. The topological polar surface area (TPSA) is 88.6 Å². The number of hydrogen-bond donors (Lipinski definition) is 1. The van der Waals surface area contributed by atoms with Crippen LogP contribution in [-0.2, 0) is 10.0 Å². The van der Waals surface area contributed by atoms with E-state index in [0.29, 0.717) is 24.8 Å². The van der Waals surface area contributed by atoms with Crippen LogP contribution in [0, 0.1) is 0 Å². The van der Waals surface area contributed by atoms with Crippen LogP contribution < -0.4 is 10.1 Å². The molecule has 1 heterocycles. The summed E-state index contributed by atoms with van der Waals surface area (Å²) in [4.78, 5) is 17.0. The van der Waals surface area contributed by atoms with Crippen LogP contribution >= 0.6 is 22.9 Å². The molecule has 0 aliphatic rings. The smallest absolute Gasteiger partial charge is 0.257 e. The molecule has 1 N–H and O–H groups in total. The Kier molecular flexibility index (Phi) is 6.97. The van der Waals surface area contributed by atoms with Crippen molar-refractivity contribution in [2.24, 2.45) is 0 Å². The standard InChI is InChI=1S/C20H22ClN3O4S2/c1-4-24(5-2)30(26,27)18-11-13(7-9-15(18)21)19(25)23-20-22-16-10-8-14(28-6-3)12-17(16)29-20/h7-12H,4-6H2,1-3H3,(H,22,23,25). The maximum absolute atomic E-state index is 12.8. The van der Waals surface area contributed by atoms with Crippen LogP contribution in [0.4, 0.5) is 5.13 Å². The van der Waals surface area contributed by atoms with Gasteiger partial charge in [0.25, 0.3) is 5.91 Å². The molecule has 0 unspecified atom stereocenters. The summed E-state index contributed by atoms with van der Waals surface area (Å²) in [6.45, 7) is 6.57. The van der Waals surface area contributed by atoms with Crippen molar-refractivity contribution in [2.75, 3.05) is 25.0 Å². The number of carbonyl (C=O) groups excluding carboxylic acids is 1. The van der Waals surface area contributed by atoms with E-state index in [1.165, 1.54) is 33.8 Å². The number of ether oxygens (including phenoxy) is 1. The Bertz CT molecular complexity index is 1170. The number of rotatable bonds is 8. The molecule has 10 heteroatoms. The van der Waals surface area contributed by atoms with Gasteiger partial charge in [0.15, 0.2) is 5.13 Å². The first-order chi connectivity index (χ1) is 14.3. The van der Waals surface area contributed by atoms with E-state index in [1.54, 1.807) is 13.8 Å². The Morgan fingerprint density at radius 2 is 1.90 bits per heavy atom. The van der Waals surface area contributed by atoms with Crippen LogP contribution in [0.15, 0.2) is 41.3 Å². The fourth-order valence-electron chi connectivity index (χ4n) is 2.93. The molecule has 0 bridgehead atoms. The molecule has 0 saturated carbocycles. The highest BCUT2D eigenvalue weighted by Crippen LogP contribution is 2.30. The number of benzene rings is 2. The van der Waals surface area contributed by atoms with E-state index in [1.807, 2.05) is 25.1 Å². The summed E-state index contributed by atoms with van der Waals surface area (Å²) in [5, 5.41) is 3.21. The second kappa shape index (κ2) is 9.30. The third-order valence-electron chi connectivity index (χ3n) is 4.41. The molecule has 3 aromatic rings. The first kappa shape index (κ1) is 22.5. The van der Waals surface area contributed by atoms with Gasteiger partial charge in [0.1, 0.15) is 10.6 Å². The van der Waals surface area contributed by atoms with Gasteiger partial charge >= 0.3 is 0 Å². The molecule has 1 amide bonds. The molecule has 0 fully saturated rings. The molecule has 1 aromatic heterocycles. The third-order valence-corrected chi connectivity index (χ3v) is 7.87. The predicted octanol–water partition coefficient (Wildman–Crippen LogP) is 4.63.